The van der Waals surface area contributed by atoms with Crippen LogP contribution >= 0.6 is 0 Å². The lowest BCUT2D eigenvalue weighted by atomic mass is 9.90. The predicted octanol–water partition coefficient (Wildman–Crippen LogP) is 4.84. The summed E-state index contributed by atoms with van der Waals surface area (Å²) in [6.07, 6.45) is 5.79. The molecule has 0 amide bonds. The van der Waals surface area contributed by atoms with E-state index in [0.717, 1.165) is 18.3 Å². The van der Waals surface area contributed by atoms with Gasteiger partial charge in [0.25, 0.3) is 0 Å². The Labute approximate surface area is 156 Å². The van der Waals surface area contributed by atoms with Crippen LogP contribution in [0.1, 0.15) is 29.7 Å². The Bertz CT molecular complexity index is 829. The summed E-state index contributed by atoms with van der Waals surface area (Å²) in [5.74, 6) is 1.80. The van der Waals surface area contributed by atoms with Crippen molar-refractivity contribution in [1.82, 2.24) is 14.9 Å². The molecule has 2 heterocycles. The monoisotopic (exact) mass is 345 g/mol. The van der Waals surface area contributed by atoms with E-state index in [0.29, 0.717) is 0 Å². The Morgan fingerprint density at radius 3 is 2.50 bits per heavy atom. The van der Waals surface area contributed by atoms with Gasteiger partial charge in [0.05, 0.1) is 0 Å². The molecule has 134 valence electrons. The zero-order valence-electron chi connectivity index (χ0n) is 15.5. The van der Waals surface area contributed by atoms with Crippen LogP contribution in [0.15, 0.2) is 60.8 Å². The Morgan fingerprint density at radius 2 is 1.73 bits per heavy atom. The van der Waals surface area contributed by atoms with E-state index in [4.69, 9.17) is 0 Å². The molecule has 1 aliphatic heterocycles. The van der Waals surface area contributed by atoms with Crippen molar-refractivity contribution >= 4 is 0 Å². The molecule has 0 unspecified atom stereocenters. The summed E-state index contributed by atoms with van der Waals surface area (Å²) in [6, 6.07) is 19.3. The van der Waals surface area contributed by atoms with Crippen molar-refractivity contribution < 1.29 is 0 Å². The summed E-state index contributed by atoms with van der Waals surface area (Å²) in [5.41, 5.74) is 5.14. The van der Waals surface area contributed by atoms with E-state index < -0.39 is 0 Å². The first-order valence-electron chi connectivity index (χ1n) is 9.64. The van der Waals surface area contributed by atoms with Gasteiger partial charge in [-0.2, -0.15) is 0 Å². The molecule has 1 aromatic heterocycles. The molecule has 1 N–H and O–H groups in total. The lowest BCUT2D eigenvalue weighted by Gasteiger charge is -2.31. The molecule has 0 atom stereocenters. The van der Waals surface area contributed by atoms with E-state index in [2.05, 4.69) is 76.4 Å². The van der Waals surface area contributed by atoms with Gasteiger partial charge >= 0.3 is 0 Å². The number of piperidine rings is 1. The first-order valence-corrected chi connectivity index (χ1v) is 9.64. The van der Waals surface area contributed by atoms with E-state index >= 15 is 0 Å². The van der Waals surface area contributed by atoms with Crippen LogP contribution in [0.25, 0.3) is 11.4 Å². The van der Waals surface area contributed by atoms with Crippen LogP contribution in [0.5, 0.6) is 0 Å². The zero-order chi connectivity index (χ0) is 17.8. The highest BCUT2D eigenvalue weighted by atomic mass is 15.1. The first-order chi connectivity index (χ1) is 12.8. The second kappa shape index (κ2) is 7.88. The van der Waals surface area contributed by atoms with Crippen LogP contribution in [0, 0.1) is 12.8 Å². The average Bonchev–Trinajstić information content (AvgIpc) is 3.13. The van der Waals surface area contributed by atoms with Gasteiger partial charge in [0, 0.05) is 24.0 Å². The predicted molar refractivity (Wildman–Crippen MR) is 107 cm³/mol. The van der Waals surface area contributed by atoms with Crippen molar-refractivity contribution in [3.05, 3.63) is 77.6 Å². The Balaban J connectivity index is 1.32. The molecule has 1 aliphatic rings. The maximum atomic E-state index is 4.60. The minimum atomic E-state index is 0.818. The first kappa shape index (κ1) is 17.0. The second-order valence-electron chi connectivity index (χ2n) is 7.48. The molecule has 2 aromatic carbocycles. The van der Waals surface area contributed by atoms with Gasteiger partial charge in [-0.05, 0) is 56.3 Å². The number of H-pyrrole nitrogens is 1. The topological polar surface area (TPSA) is 31.9 Å². The smallest absolute Gasteiger partial charge is 0.137 e. The number of hydrogen-bond donors (Lipinski definition) is 1. The van der Waals surface area contributed by atoms with Crippen molar-refractivity contribution in [3.63, 3.8) is 0 Å². The van der Waals surface area contributed by atoms with Crippen LogP contribution < -0.4 is 0 Å². The quantitative estimate of drug-likeness (QED) is 0.717. The van der Waals surface area contributed by atoms with Crippen LogP contribution in [-0.2, 0) is 13.0 Å². The summed E-state index contributed by atoms with van der Waals surface area (Å²) in [5, 5.41) is 0. The molecule has 0 bridgehead atoms. The van der Waals surface area contributed by atoms with Crippen LogP contribution in [0.3, 0.4) is 0 Å². The summed E-state index contributed by atoms with van der Waals surface area (Å²) in [4.78, 5) is 10.7. The van der Waals surface area contributed by atoms with Gasteiger partial charge in [-0.15, -0.1) is 0 Å². The van der Waals surface area contributed by atoms with Crippen molar-refractivity contribution in [2.24, 2.45) is 5.92 Å². The molecule has 26 heavy (non-hydrogen) atoms. The van der Waals surface area contributed by atoms with Gasteiger partial charge in [-0.1, -0.05) is 54.6 Å². The van der Waals surface area contributed by atoms with Gasteiger partial charge in [-0.3, -0.25) is 4.90 Å². The molecular formula is C23H27N3. The van der Waals surface area contributed by atoms with Crippen LogP contribution in [-0.4, -0.2) is 28.0 Å². The highest BCUT2D eigenvalue weighted by molar-refractivity contribution is 5.59. The average molecular weight is 345 g/mol. The molecule has 3 nitrogen and oxygen atoms in total. The van der Waals surface area contributed by atoms with Crippen molar-refractivity contribution in [1.29, 1.82) is 0 Å². The van der Waals surface area contributed by atoms with Gasteiger partial charge in [-0.25, -0.2) is 4.98 Å². The van der Waals surface area contributed by atoms with Crippen molar-refractivity contribution in [3.8, 4) is 11.4 Å². The van der Waals surface area contributed by atoms with E-state index in [-0.39, 0.29) is 0 Å². The number of aromatic nitrogens is 2. The molecule has 1 saturated heterocycles. The highest BCUT2D eigenvalue weighted by Gasteiger charge is 2.20. The Hall–Kier alpha value is -2.39. The van der Waals surface area contributed by atoms with Crippen LogP contribution in [0.4, 0.5) is 0 Å². The highest BCUT2D eigenvalue weighted by Crippen LogP contribution is 2.24. The van der Waals surface area contributed by atoms with Gasteiger partial charge in [0.2, 0.25) is 0 Å². The molecular weight excluding hydrogens is 318 g/mol. The van der Waals surface area contributed by atoms with E-state index in [9.17, 15) is 0 Å². The fourth-order valence-corrected chi connectivity index (χ4v) is 3.95. The minimum absolute atomic E-state index is 0.818. The fourth-order valence-electron chi connectivity index (χ4n) is 3.95. The van der Waals surface area contributed by atoms with E-state index in [1.54, 1.807) is 0 Å². The number of rotatable bonds is 5. The fraction of sp³-hybridized carbons (Fsp3) is 0.348. The lowest BCUT2D eigenvalue weighted by molar-refractivity contribution is 0.175. The summed E-state index contributed by atoms with van der Waals surface area (Å²) in [7, 11) is 0. The number of benzene rings is 2. The maximum absolute atomic E-state index is 4.60. The number of nitrogens with zero attached hydrogens (tertiary/aromatic N) is 2. The van der Waals surface area contributed by atoms with Crippen molar-refractivity contribution in [2.75, 3.05) is 13.1 Å². The second-order valence-corrected chi connectivity index (χ2v) is 7.48. The molecule has 0 saturated carbocycles. The third kappa shape index (κ3) is 4.05. The number of likely N-dealkylation sites (tertiary alicyclic amines) is 1. The largest absolute Gasteiger partial charge is 0.341 e. The molecule has 3 aromatic rings. The van der Waals surface area contributed by atoms with Gasteiger partial charge in [0.15, 0.2) is 0 Å². The lowest BCUT2D eigenvalue weighted by Crippen LogP contribution is -2.33. The number of nitrogens with one attached hydrogen (secondary N) is 1. The molecule has 3 heteroatoms. The van der Waals surface area contributed by atoms with E-state index in [1.165, 1.54) is 54.7 Å². The normalized spacial score (nSPS) is 16.0. The number of hydrogen-bond acceptors (Lipinski definition) is 2. The summed E-state index contributed by atoms with van der Waals surface area (Å²) in [6.45, 7) is 5.46. The maximum Gasteiger partial charge on any atom is 0.137 e. The molecule has 0 radical (unpaired) electrons. The Morgan fingerprint density at radius 1 is 1.00 bits per heavy atom. The third-order valence-corrected chi connectivity index (χ3v) is 5.50. The Kier molecular flexibility index (Phi) is 5.16. The minimum Gasteiger partial charge on any atom is -0.341 e. The molecule has 1 fully saturated rings. The summed E-state index contributed by atoms with van der Waals surface area (Å²) >= 11 is 0. The molecule has 4 rings (SSSR count). The number of aromatic amines is 1. The van der Waals surface area contributed by atoms with E-state index in [1.807, 2.05) is 6.20 Å². The summed E-state index contributed by atoms with van der Waals surface area (Å²) < 4.78 is 0. The van der Waals surface area contributed by atoms with Crippen LogP contribution in [0.2, 0.25) is 0 Å². The number of aryl methyl sites for hydroxylation is 1. The zero-order valence-corrected chi connectivity index (χ0v) is 15.5. The van der Waals surface area contributed by atoms with Gasteiger partial charge in [0.1, 0.15) is 5.82 Å². The molecule has 0 aliphatic carbocycles. The van der Waals surface area contributed by atoms with Crippen molar-refractivity contribution in [2.45, 2.75) is 32.7 Å². The molecule has 0 spiro atoms. The SMILES string of the molecule is Cc1ccccc1-c1ncc(CN2CCC(Cc3ccccc3)CC2)[nH]1. The third-order valence-electron chi connectivity index (χ3n) is 5.50. The number of imidazole rings is 1. The van der Waals surface area contributed by atoms with Gasteiger partial charge < -0.3 is 4.98 Å². The standard InChI is InChI=1S/C23H27N3/c1-18-7-5-6-10-22(18)23-24-16-21(25-23)17-26-13-11-20(12-14-26)15-19-8-3-2-4-9-19/h2-10,16,20H,11-15,17H2,1H3,(H,24,25).